The molecular weight excluding hydrogens is 394 g/mol. The van der Waals surface area contributed by atoms with Crippen molar-refractivity contribution in [2.45, 2.75) is 13.0 Å². The molecule has 0 bridgehead atoms. The molecule has 3 rings (SSSR count). The average molecular weight is 407 g/mol. The van der Waals surface area contributed by atoms with Gasteiger partial charge in [-0.05, 0) is 36.8 Å². The van der Waals surface area contributed by atoms with E-state index < -0.39 is 17.7 Å². The number of Topliss-reactive ketones (excluding diaryl/α,β-unsaturated/α-hetero) is 1. The van der Waals surface area contributed by atoms with Crippen LogP contribution in [0.4, 0.5) is 5.69 Å². The van der Waals surface area contributed by atoms with Crippen LogP contribution in [0, 0.1) is 0 Å². The molecule has 1 amide bonds. The molecule has 1 heterocycles. The zero-order chi connectivity index (χ0) is 17.4. The number of hydrogen-bond donors (Lipinski definition) is 1. The molecule has 1 atom stereocenters. The average Bonchev–Trinajstić information content (AvgIpc) is 2.79. The Morgan fingerprint density at radius 3 is 2.54 bits per heavy atom. The van der Waals surface area contributed by atoms with Gasteiger partial charge in [0, 0.05) is 15.2 Å². The van der Waals surface area contributed by atoms with Gasteiger partial charge in [0.15, 0.2) is 11.5 Å². The highest BCUT2D eigenvalue weighted by atomic mass is 79.9. The Morgan fingerprint density at radius 1 is 1.21 bits per heavy atom. The van der Waals surface area contributed by atoms with Crippen LogP contribution >= 0.6 is 27.5 Å². The van der Waals surface area contributed by atoms with Crippen molar-refractivity contribution in [1.82, 2.24) is 0 Å². The van der Waals surface area contributed by atoms with E-state index in [1.807, 2.05) is 6.07 Å². The summed E-state index contributed by atoms with van der Waals surface area (Å²) >= 11 is 9.66. The Morgan fingerprint density at radius 2 is 1.92 bits per heavy atom. The van der Waals surface area contributed by atoms with Crippen LogP contribution in [0.15, 0.2) is 64.3 Å². The van der Waals surface area contributed by atoms with Gasteiger partial charge in [-0.3, -0.25) is 14.5 Å². The van der Waals surface area contributed by atoms with E-state index in [2.05, 4.69) is 15.9 Å². The summed E-state index contributed by atoms with van der Waals surface area (Å²) in [6, 6.07) is 13.3. The molecule has 122 valence electrons. The lowest BCUT2D eigenvalue weighted by Crippen LogP contribution is -2.31. The second-order valence-corrected chi connectivity index (χ2v) is 6.72. The largest absolute Gasteiger partial charge is 0.503 e. The quantitative estimate of drug-likeness (QED) is 0.811. The minimum Gasteiger partial charge on any atom is -0.503 e. The second kappa shape index (κ2) is 6.42. The van der Waals surface area contributed by atoms with Gasteiger partial charge >= 0.3 is 0 Å². The lowest BCUT2D eigenvalue weighted by Gasteiger charge is -2.27. The maximum atomic E-state index is 12.6. The predicted octanol–water partition coefficient (Wildman–Crippen LogP) is 4.59. The third-order valence-corrected chi connectivity index (χ3v) is 4.71. The van der Waals surface area contributed by atoms with Crippen molar-refractivity contribution in [3.8, 4) is 0 Å². The maximum absolute atomic E-state index is 12.6. The highest BCUT2D eigenvalue weighted by Crippen LogP contribution is 2.43. The van der Waals surface area contributed by atoms with Gasteiger partial charge in [0.25, 0.3) is 5.91 Å². The van der Waals surface area contributed by atoms with Gasteiger partial charge < -0.3 is 5.11 Å². The summed E-state index contributed by atoms with van der Waals surface area (Å²) in [7, 11) is 0. The number of aliphatic hydroxyl groups is 1. The summed E-state index contributed by atoms with van der Waals surface area (Å²) in [6.45, 7) is 1.33. The normalized spacial score (nSPS) is 17.5. The van der Waals surface area contributed by atoms with Crippen molar-refractivity contribution in [3.05, 3.63) is 74.9 Å². The number of nitrogens with zero attached hydrogens (tertiary/aromatic N) is 1. The van der Waals surface area contributed by atoms with E-state index >= 15 is 0 Å². The van der Waals surface area contributed by atoms with Crippen LogP contribution in [0.5, 0.6) is 0 Å². The molecule has 24 heavy (non-hydrogen) atoms. The highest BCUT2D eigenvalue weighted by Gasteiger charge is 2.43. The van der Waals surface area contributed by atoms with Gasteiger partial charge in [-0.15, -0.1) is 0 Å². The zero-order valence-corrected chi connectivity index (χ0v) is 15.0. The van der Waals surface area contributed by atoms with E-state index in [0.717, 1.165) is 4.47 Å². The monoisotopic (exact) mass is 405 g/mol. The molecule has 1 N–H and O–H groups in total. The SMILES string of the molecule is CC(=O)C1=C(O)C(=O)N(c2cccc(Br)c2)[C@H]1c1ccccc1Cl. The van der Waals surface area contributed by atoms with Crippen LogP contribution in [0.25, 0.3) is 0 Å². The van der Waals surface area contributed by atoms with E-state index in [1.165, 1.54) is 11.8 Å². The summed E-state index contributed by atoms with van der Waals surface area (Å²) in [5.74, 6) is -1.53. The molecule has 0 unspecified atom stereocenters. The maximum Gasteiger partial charge on any atom is 0.294 e. The van der Waals surface area contributed by atoms with Crippen LogP contribution in [0.3, 0.4) is 0 Å². The minimum absolute atomic E-state index is 0.0491. The van der Waals surface area contributed by atoms with Crippen molar-refractivity contribution < 1.29 is 14.7 Å². The molecule has 6 heteroatoms. The first-order valence-corrected chi connectivity index (χ1v) is 8.36. The second-order valence-electron chi connectivity index (χ2n) is 5.40. The fourth-order valence-electron chi connectivity index (χ4n) is 2.85. The van der Waals surface area contributed by atoms with Gasteiger partial charge in [-0.25, -0.2) is 0 Å². The van der Waals surface area contributed by atoms with Gasteiger partial charge in [0.05, 0.1) is 11.6 Å². The van der Waals surface area contributed by atoms with Crippen LogP contribution < -0.4 is 4.90 Å². The molecular formula is C18H13BrClNO3. The third kappa shape index (κ3) is 2.74. The molecule has 2 aromatic rings. The molecule has 0 radical (unpaired) electrons. The molecule has 1 aliphatic rings. The van der Waals surface area contributed by atoms with Crippen molar-refractivity contribution >= 4 is 44.9 Å². The van der Waals surface area contributed by atoms with E-state index in [4.69, 9.17) is 11.6 Å². The lowest BCUT2D eigenvalue weighted by molar-refractivity contribution is -0.117. The fraction of sp³-hybridized carbons (Fsp3) is 0.111. The van der Waals surface area contributed by atoms with Crippen LogP contribution in [-0.4, -0.2) is 16.8 Å². The third-order valence-electron chi connectivity index (χ3n) is 3.87. The number of hydrogen-bond acceptors (Lipinski definition) is 3. The van der Waals surface area contributed by atoms with Gasteiger partial charge in [0.1, 0.15) is 0 Å². The van der Waals surface area contributed by atoms with Gasteiger partial charge in [0.2, 0.25) is 0 Å². The Balaban J connectivity index is 2.23. The van der Waals surface area contributed by atoms with E-state index in [-0.39, 0.29) is 11.4 Å². The lowest BCUT2D eigenvalue weighted by atomic mass is 9.96. The first kappa shape index (κ1) is 16.7. The Hall–Kier alpha value is -2.11. The minimum atomic E-state index is -0.766. The zero-order valence-electron chi connectivity index (χ0n) is 12.7. The van der Waals surface area contributed by atoms with Gasteiger partial charge in [-0.1, -0.05) is 51.8 Å². The van der Waals surface area contributed by atoms with Crippen LogP contribution in [0.2, 0.25) is 5.02 Å². The Bertz CT molecular complexity index is 878. The number of benzene rings is 2. The summed E-state index contributed by atoms with van der Waals surface area (Å²) in [5.41, 5.74) is 1.19. The number of halogens is 2. The fourth-order valence-corrected chi connectivity index (χ4v) is 3.47. The molecule has 1 aliphatic heterocycles. The van der Waals surface area contributed by atoms with Crippen molar-refractivity contribution in [2.75, 3.05) is 4.90 Å². The smallest absolute Gasteiger partial charge is 0.294 e. The molecule has 4 nitrogen and oxygen atoms in total. The predicted molar refractivity (Wildman–Crippen MR) is 96.2 cm³/mol. The first-order valence-electron chi connectivity index (χ1n) is 7.19. The van der Waals surface area contributed by atoms with Crippen LogP contribution in [0.1, 0.15) is 18.5 Å². The molecule has 0 aromatic heterocycles. The number of anilines is 1. The van der Waals surface area contributed by atoms with Crippen LogP contribution in [-0.2, 0) is 9.59 Å². The number of aliphatic hydroxyl groups excluding tert-OH is 1. The van der Waals surface area contributed by atoms with Crippen molar-refractivity contribution in [3.63, 3.8) is 0 Å². The van der Waals surface area contributed by atoms with Crippen molar-refractivity contribution in [2.24, 2.45) is 0 Å². The Labute approximate surface area is 152 Å². The van der Waals surface area contributed by atoms with E-state index in [9.17, 15) is 14.7 Å². The standard InChI is InChI=1S/C18H13BrClNO3/c1-10(22)15-16(13-7-2-3-8-14(13)20)21(18(24)17(15)23)12-6-4-5-11(19)9-12/h2-9,16,23H,1H3/t16-/m0/s1. The molecule has 0 aliphatic carbocycles. The number of ketones is 1. The highest BCUT2D eigenvalue weighted by molar-refractivity contribution is 9.10. The molecule has 0 saturated heterocycles. The number of carbonyl (C=O) groups is 2. The summed E-state index contributed by atoms with van der Waals surface area (Å²) in [5, 5.41) is 10.7. The first-order chi connectivity index (χ1) is 11.4. The van der Waals surface area contributed by atoms with Crippen molar-refractivity contribution in [1.29, 1.82) is 0 Å². The number of amides is 1. The molecule has 0 spiro atoms. The number of rotatable bonds is 3. The van der Waals surface area contributed by atoms with Gasteiger partial charge in [-0.2, -0.15) is 0 Å². The topological polar surface area (TPSA) is 57.6 Å². The van der Waals surface area contributed by atoms with E-state index in [0.29, 0.717) is 16.3 Å². The summed E-state index contributed by atoms with van der Waals surface area (Å²) in [6.07, 6.45) is 0. The molecule has 0 saturated carbocycles. The number of carbonyl (C=O) groups excluding carboxylic acids is 2. The van der Waals surface area contributed by atoms with E-state index in [1.54, 1.807) is 42.5 Å². The Kier molecular flexibility index (Phi) is 4.47. The summed E-state index contributed by atoms with van der Waals surface area (Å²) < 4.78 is 0.779. The summed E-state index contributed by atoms with van der Waals surface area (Å²) in [4.78, 5) is 26.1. The molecule has 0 fully saturated rings. The molecule has 2 aromatic carbocycles.